The molecule has 1 rings (SSSR count). The molecule has 0 radical (unpaired) electrons. The predicted molar refractivity (Wildman–Crippen MR) is 71.9 cm³/mol. The Labute approximate surface area is 102 Å². The largest absolute Gasteiger partial charge is 0.313 e. The van der Waals surface area contributed by atoms with Crippen molar-refractivity contribution >= 4 is 0 Å². The maximum Gasteiger partial charge on any atom is 0.0221 e. The number of hydrogen-bond acceptors (Lipinski definition) is 2. The van der Waals surface area contributed by atoms with E-state index in [1.165, 1.54) is 38.6 Å². The SMILES string of the molecule is CCCCN(C1CC1)C(CC)CNC(C)C. The third-order valence-corrected chi connectivity index (χ3v) is 3.49. The monoisotopic (exact) mass is 226 g/mol. The third kappa shape index (κ3) is 4.84. The zero-order chi connectivity index (χ0) is 12.0. The Kier molecular flexibility index (Phi) is 6.37. The van der Waals surface area contributed by atoms with Gasteiger partial charge in [-0.15, -0.1) is 0 Å². The standard InChI is InChI=1S/C14H30N2/c1-5-7-10-16(14-8-9-14)13(6-2)11-15-12(3)4/h12-15H,5-11H2,1-4H3. The van der Waals surface area contributed by atoms with E-state index in [2.05, 4.69) is 37.9 Å². The fourth-order valence-electron chi connectivity index (χ4n) is 2.28. The van der Waals surface area contributed by atoms with E-state index in [9.17, 15) is 0 Å². The van der Waals surface area contributed by atoms with Crippen LogP contribution in [-0.2, 0) is 0 Å². The summed E-state index contributed by atoms with van der Waals surface area (Å²) in [5, 5.41) is 3.59. The molecule has 1 fully saturated rings. The summed E-state index contributed by atoms with van der Waals surface area (Å²) in [7, 11) is 0. The first-order chi connectivity index (χ1) is 7.69. The lowest BCUT2D eigenvalue weighted by atomic mass is 10.1. The summed E-state index contributed by atoms with van der Waals surface area (Å²) in [5.74, 6) is 0. The van der Waals surface area contributed by atoms with Crippen molar-refractivity contribution in [3.05, 3.63) is 0 Å². The maximum absolute atomic E-state index is 3.59. The van der Waals surface area contributed by atoms with Gasteiger partial charge in [-0.1, -0.05) is 34.1 Å². The Hall–Kier alpha value is -0.0800. The van der Waals surface area contributed by atoms with Crippen LogP contribution in [0.4, 0.5) is 0 Å². The third-order valence-electron chi connectivity index (χ3n) is 3.49. The molecule has 0 saturated heterocycles. The van der Waals surface area contributed by atoms with E-state index in [-0.39, 0.29) is 0 Å². The summed E-state index contributed by atoms with van der Waals surface area (Å²) in [6.07, 6.45) is 6.82. The van der Waals surface area contributed by atoms with Gasteiger partial charge in [0.1, 0.15) is 0 Å². The summed E-state index contributed by atoms with van der Waals surface area (Å²) in [4.78, 5) is 2.76. The topological polar surface area (TPSA) is 15.3 Å². The van der Waals surface area contributed by atoms with Crippen LogP contribution in [0.3, 0.4) is 0 Å². The Morgan fingerprint density at radius 3 is 2.38 bits per heavy atom. The lowest BCUT2D eigenvalue weighted by Gasteiger charge is -2.32. The molecular weight excluding hydrogens is 196 g/mol. The molecule has 1 unspecified atom stereocenters. The van der Waals surface area contributed by atoms with Crippen LogP contribution in [0.2, 0.25) is 0 Å². The molecular formula is C14H30N2. The van der Waals surface area contributed by atoms with Crippen LogP contribution >= 0.6 is 0 Å². The summed E-state index contributed by atoms with van der Waals surface area (Å²) in [6, 6.07) is 2.27. The van der Waals surface area contributed by atoms with Gasteiger partial charge in [-0.2, -0.15) is 0 Å². The molecule has 1 N–H and O–H groups in total. The van der Waals surface area contributed by atoms with E-state index in [0.29, 0.717) is 6.04 Å². The van der Waals surface area contributed by atoms with Gasteiger partial charge in [0.15, 0.2) is 0 Å². The van der Waals surface area contributed by atoms with Crippen LogP contribution in [0, 0.1) is 0 Å². The van der Waals surface area contributed by atoms with Crippen LogP contribution in [0.1, 0.15) is 59.8 Å². The molecule has 1 aliphatic carbocycles. The van der Waals surface area contributed by atoms with E-state index in [0.717, 1.165) is 18.6 Å². The fourth-order valence-corrected chi connectivity index (χ4v) is 2.28. The minimum atomic E-state index is 0.612. The molecule has 16 heavy (non-hydrogen) atoms. The Morgan fingerprint density at radius 2 is 1.94 bits per heavy atom. The van der Waals surface area contributed by atoms with Gasteiger partial charge in [-0.25, -0.2) is 0 Å². The smallest absolute Gasteiger partial charge is 0.0221 e. The van der Waals surface area contributed by atoms with E-state index in [1.807, 2.05) is 0 Å². The molecule has 2 heteroatoms. The van der Waals surface area contributed by atoms with Gasteiger partial charge in [0.25, 0.3) is 0 Å². The first-order valence-corrected chi connectivity index (χ1v) is 7.18. The zero-order valence-corrected chi connectivity index (χ0v) is 11.6. The van der Waals surface area contributed by atoms with E-state index < -0.39 is 0 Å². The van der Waals surface area contributed by atoms with Crippen LogP contribution in [0.5, 0.6) is 0 Å². The summed E-state index contributed by atoms with van der Waals surface area (Å²) in [5.41, 5.74) is 0. The average Bonchev–Trinajstić information content (AvgIpc) is 3.06. The first-order valence-electron chi connectivity index (χ1n) is 7.18. The number of rotatable bonds is 9. The molecule has 0 aromatic heterocycles. The minimum Gasteiger partial charge on any atom is -0.313 e. The number of unbranched alkanes of at least 4 members (excludes halogenated alkanes) is 1. The number of hydrogen-bond donors (Lipinski definition) is 1. The second kappa shape index (κ2) is 7.29. The van der Waals surface area contributed by atoms with Crippen molar-refractivity contribution < 1.29 is 0 Å². The number of nitrogens with one attached hydrogen (secondary N) is 1. The molecule has 0 amide bonds. The highest BCUT2D eigenvalue weighted by Gasteiger charge is 2.32. The van der Waals surface area contributed by atoms with Gasteiger partial charge in [0.2, 0.25) is 0 Å². The summed E-state index contributed by atoms with van der Waals surface area (Å²) in [6.45, 7) is 11.6. The zero-order valence-electron chi connectivity index (χ0n) is 11.6. The lowest BCUT2D eigenvalue weighted by Crippen LogP contribution is -2.45. The quantitative estimate of drug-likeness (QED) is 0.650. The number of nitrogens with zero attached hydrogens (tertiary/aromatic N) is 1. The molecule has 1 aliphatic rings. The van der Waals surface area contributed by atoms with E-state index >= 15 is 0 Å². The minimum absolute atomic E-state index is 0.612. The van der Waals surface area contributed by atoms with Gasteiger partial charge in [-0.3, -0.25) is 4.90 Å². The molecule has 0 aromatic rings. The van der Waals surface area contributed by atoms with E-state index in [4.69, 9.17) is 0 Å². The van der Waals surface area contributed by atoms with Crippen LogP contribution < -0.4 is 5.32 Å². The van der Waals surface area contributed by atoms with Crippen molar-refractivity contribution in [2.45, 2.75) is 77.9 Å². The molecule has 96 valence electrons. The lowest BCUT2D eigenvalue weighted by molar-refractivity contribution is 0.172. The van der Waals surface area contributed by atoms with Crippen molar-refractivity contribution in [2.24, 2.45) is 0 Å². The first kappa shape index (κ1) is 14.0. The van der Waals surface area contributed by atoms with Gasteiger partial charge < -0.3 is 5.32 Å². The van der Waals surface area contributed by atoms with Crippen LogP contribution in [-0.4, -0.2) is 36.1 Å². The molecule has 0 aliphatic heterocycles. The van der Waals surface area contributed by atoms with Crippen molar-refractivity contribution in [2.75, 3.05) is 13.1 Å². The maximum atomic E-state index is 3.59. The Bertz CT molecular complexity index is 176. The molecule has 0 heterocycles. The molecule has 0 aromatic carbocycles. The highest BCUT2D eigenvalue weighted by molar-refractivity contribution is 4.89. The van der Waals surface area contributed by atoms with Crippen molar-refractivity contribution in [3.8, 4) is 0 Å². The predicted octanol–water partition coefficient (Wildman–Crippen LogP) is 3.03. The van der Waals surface area contributed by atoms with Crippen molar-refractivity contribution in [1.29, 1.82) is 0 Å². The Morgan fingerprint density at radius 1 is 1.25 bits per heavy atom. The normalized spacial score (nSPS) is 18.4. The van der Waals surface area contributed by atoms with Gasteiger partial charge >= 0.3 is 0 Å². The second-order valence-corrected chi connectivity index (χ2v) is 5.45. The van der Waals surface area contributed by atoms with Gasteiger partial charge in [-0.05, 0) is 32.2 Å². The van der Waals surface area contributed by atoms with Gasteiger partial charge in [0, 0.05) is 24.7 Å². The molecule has 0 spiro atoms. The highest BCUT2D eigenvalue weighted by atomic mass is 15.2. The fraction of sp³-hybridized carbons (Fsp3) is 1.00. The summed E-state index contributed by atoms with van der Waals surface area (Å²) >= 11 is 0. The molecule has 0 bridgehead atoms. The van der Waals surface area contributed by atoms with E-state index in [1.54, 1.807) is 0 Å². The highest BCUT2D eigenvalue weighted by Crippen LogP contribution is 2.29. The Balaban J connectivity index is 2.38. The second-order valence-electron chi connectivity index (χ2n) is 5.45. The molecule has 2 nitrogen and oxygen atoms in total. The van der Waals surface area contributed by atoms with Gasteiger partial charge in [0.05, 0.1) is 0 Å². The average molecular weight is 226 g/mol. The van der Waals surface area contributed by atoms with Crippen molar-refractivity contribution in [3.63, 3.8) is 0 Å². The van der Waals surface area contributed by atoms with Crippen LogP contribution in [0.15, 0.2) is 0 Å². The molecule has 1 saturated carbocycles. The van der Waals surface area contributed by atoms with Crippen molar-refractivity contribution in [1.82, 2.24) is 10.2 Å². The van der Waals surface area contributed by atoms with Crippen LogP contribution in [0.25, 0.3) is 0 Å². The molecule has 1 atom stereocenters. The summed E-state index contributed by atoms with van der Waals surface area (Å²) < 4.78 is 0.